The third-order valence-corrected chi connectivity index (χ3v) is 5.46. The van der Waals surface area contributed by atoms with Crippen molar-refractivity contribution in [2.24, 2.45) is 0 Å². The molecule has 2 atom stereocenters. The molecule has 1 rings (SSSR count). The second-order valence-corrected chi connectivity index (χ2v) is 6.62. The van der Waals surface area contributed by atoms with Crippen LogP contribution in [0.3, 0.4) is 0 Å². The van der Waals surface area contributed by atoms with Crippen LogP contribution in [-0.2, 0) is 9.84 Å². The zero-order valence-electron chi connectivity index (χ0n) is 9.87. The van der Waals surface area contributed by atoms with E-state index >= 15 is 0 Å². The lowest BCUT2D eigenvalue weighted by Crippen LogP contribution is -2.38. The highest BCUT2D eigenvalue weighted by atomic mass is 35.5. The second-order valence-electron chi connectivity index (χ2n) is 3.90. The highest BCUT2D eigenvalue weighted by molar-refractivity contribution is 7.92. The van der Waals surface area contributed by atoms with Gasteiger partial charge in [-0.15, -0.1) is 0 Å². The summed E-state index contributed by atoms with van der Waals surface area (Å²) in [4.78, 5) is 0.0403. The lowest BCUT2D eigenvalue weighted by Gasteiger charge is -2.19. The minimum absolute atomic E-state index is 0.0403. The van der Waals surface area contributed by atoms with Gasteiger partial charge in [-0.2, -0.15) is 0 Å². The zero-order chi connectivity index (χ0) is 13.2. The summed E-state index contributed by atoms with van der Waals surface area (Å²) in [5.74, 6) is -0.625. The standard InChI is InChI=1S/C11H15ClFNO2S/c1-7(14-3)8(2)17(15,16)9-4-5-11(13)10(12)6-9/h4-8,14H,1-3H3. The van der Waals surface area contributed by atoms with E-state index in [9.17, 15) is 12.8 Å². The summed E-state index contributed by atoms with van der Waals surface area (Å²) in [5.41, 5.74) is 0. The summed E-state index contributed by atoms with van der Waals surface area (Å²) in [6.45, 7) is 3.38. The maximum absolute atomic E-state index is 13.0. The number of hydrogen-bond donors (Lipinski definition) is 1. The van der Waals surface area contributed by atoms with Gasteiger partial charge in [-0.1, -0.05) is 11.6 Å². The van der Waals surface area contributed by atoms with E-state index in [4.69, 9.17) is 11.6 Å². The van der Waals surface area contributed by atoms with Gasteiger partial charge in [0.05, 0.1) is 15.2 Å². The Kier molecular flexibility index (Phi) is 4.52. The third-order valence-electron chi connectivity index (χ3n) is 2.87. The quantitative estimate of drug-likeness (QED) is 0.860. The van der Waals surface area contributed by atoms with Crippen LogP contribution in [0.2, 0.25) is 5.02 Å². The lowest BCUT2D eigenvalue weighted by atomic mass is 10.3. The average molecular weight is 280 g/mol. The minimum Gasteiger partial charge on any atom is -0.316 e. The van der Waals surface area contributed by atoms with Crippen LogP contribution in [0.25, 0.3) is 0 Å². The van der Waals surface area contributed by atoms with E-state index < -0.39 is 20.9 Å². The first-order valence-corrected chi connectivity index (χ1v) is 7.09. The van der Waals surface area contributed by atoms with Crippen molar-refractivity contribution >= 4 is 21.4 Å². The molecule has 0 amide bonds. The van der Waals surface area contributed by atoms with E-state index in [2.05, 4.69) is 5.32 Å². The Morgan fingerprint density at radius 2 is 1.94 bits per heavy atom. The van der Waals surface area contributed by atoms with Crippen molar-refractivity contribution in [3.8, 4) is 0 Å². The molecule has 6 heteroatoms. The molecule has 1 aromatic carbocycles. The molecular formula is C11H15ClFNO2S. The van der Waals surface area contributed by atoms with Crippen molar-refractivity contribution in [2.75, 3.05) is 7.05 Å². The van der Waals surface area contributed by atoms with Crippen molar-refractivity contribution in [1.82, 2.24) is 5.32 Å². The summed E-state index contributed by atoms with van der Waals surface area (Å²) < 4.78 is 37.3. The van der Waals surface area contributed by atoms with Crippen LogP contribution in [0, 0.1) is 5.82 Å². The van der Waals surface area contributed by atoms with E-state index in [0.29, 0.717) is 0 Å². The fraction of sp³-hybridized carbons (Fsp3) is 0.455. The van der Waals surface area contributed by atoms with Gasteiger partial charge in [-0.3, -0.25) is 0 Å². The van der Waals surface area contributed by atoms with Crippen LogP contribution in [0.4, 0.5) is 4.39 Å². The molecule has 1 N–H and O–H groups in total. The SMILES string of the molecule is CNC(C)C(C)S(=O)(=O)c1ccc(F)c(Cl)c1. The number of rotatable bonds is 4. The van der Waals surface area contributed by atoms with Crippen molar-refractivity contribution in [3.05, 3.63) is 29.0 Å². The van der Waals surface area contributed by atoms with Crippen LogP contribution >= 0.6 is 11.6 Å². The molecule has 0 radical (unpaired) electrons. The van der Waals surface area contributed by atoms with Gasteiger partial charge in [0.2, 0.25) is 0 Å². The molecule has 0 saturated heterocycles. The zero-order valence-corrected chi connectivity index (χ0v) is 11.4. The highest BCUT2D eigenvalue weighted by Crippen LogP contribution is 2.23. The van der Waals surface area contributed by atoms with Gasteiger partial charge in [0.1, 0.15) is 5.82 Å². The molecule has 0 bridgehead atoms. The van der Waals surface area contributed by atoms with E-state index in [1.807, 2.05) is 0 Å². The smallest absolute Gasteiger partial charge is 0.182 e. The summed E-state index contributed by atoms with van der Waals surface area (Å²) in [5, 5.41) is 2.08. The molecule has 0 heterocycles. The summed E-state index contributed by atoms with van der Waals surface area (Å²) in [6.07, 6.45) is 0. The number of halogens is 2. The van der Waals surface area contributed by atoms with Crippen LogP contribution < -0.4 is 5.32 Å². The normalized spacial score (nSPS) is 15.6. The fourth-order valence-corrected chi connectivity index (χ4v) is 3.26. The predicted octanol–water partition coefficient (Wildman–Crippen LogP) is 2.25. The number of sulfone groups is 1. The maximum Gasteiger partial charge on any atom is 0.182 e. The molecule has 96 valence electrons. The summed E-state index contributed by atoms with van der Waals surface area (Å²) in [7, 11) is -1.81. The first kappa shape index (κ1) is 14.4. The molecule has 17 heavy (non-hydrogen) atoms. The Hall–Kier alpha value is -0.650. The number of hydrogen-bond acceptors (Lipinski definition) is 3. The van der Waals surface area contributed by atoms with E-state index in [1.165, 1.54) is 6.07 Å². The molecule has 3 nitrogen and oxygen atoms in total. The van der Waals surface area contributed by atoms with Gasteiger partial charge < -0.3 is 5.32 Å². The van der Waals surface area contributed by atoms with Crippen LogP contribution in [0.15, 0.2) is 23.1 Å². The van der Waals surface area contributed by atoms with Crippen LogP contribution in [0.5, 0.6) is 0 Å². The predicted molar refractivity (Wildman–Crippen MR) is 66.6 cm³/mol. The lowest BCUT2D eigenvalue weighted by molar-refractivity contribution is 0.539. The van der Waals surface area contributed by atoms with E-state index in [1.54, 1.807) is 20.9 Å². The Labute approximate surface area is 106 Å². The van der Waals surface area contributed by atoms with Crippen molar-refractivity contribution in [3.63, 3.8) is 0 Å². The molecule has 0 saturated carbocycles. The van der Waals surface area contributed by atoms with Gasteiger partial charge in [0.15, 0.2) is 9.84 Å². The van der Waals surface area contributed by atoms with Crippen LogP contribution in [0.1, 0.15) is 13.8 Å². The Morgan fingerprint density at radius 1 is 1.35 bits per heavy atom. The van der Waals surface area contributed by atoms with Gasteiger partial charge in [-0.25, -0.2) is 12.8 Å². The molecule has 0 spiro atoms. The molecule has 2 unspecified atom stereocenters. The number of benzene rings is 1. The highest BCUT2D eigenvalue weighted by Gasteiger charge is 2.27. The van der Waals surface area contributed by atoms with Gasteiger partial charge >= 0.3 is 0 Å². The van der Waals surface area contributed by atoms with Crippen molar-refractivity contribution in [2.45, 2.75) is 30.0 Å². The van der Waals surface area contributed by atoms with Crippen LogP contribution in [-0.4, -0.2) is 26.8 Å². The molecular weight excluding hydrogens is 265 g/mol. The first-order chi connectivity index (χ1) is 7.80. The average Bonchev–Trinajstić information content (AvgIpc) is 2.30. The molecule has 0 aliphatic heterocycles. The molecule has 0 aliphatic carbocycles. The van der Waals surface area contributed by atoms with Gasteiger partial charge in [0.25, 0.3) is 0 Å². The first-order valence-electron chi connectivity index (χ1n) is 5.17. The molecule has 0 fully saturated rings. The topological polar surface area (TPSA) is 46.2 Å². The molecule has 0 aromatic heterocycles. The summed E-state index contributed by atoms with van der Waals surface area (Å²) >= 11 is 5.58. The minimum atomic E-state index is -3.50. The van der Waals surface area contributed by atoms with Crippen molar-refractivity contribution < 1.29 is 12.8 Å². The molecule has 1 aromatic rings. The van der Waals surface area contributed by atoms with Gasteiger partial charge in [0, 0.05) is 6.04 Å². The van der Waals surface area contributed by atoms with Crippen molar-refractivity contribution in [1.29, 1.82) is 0 Å². The Morgan fingerprint density at radius 3 is 2.41 bits per heavy atom. The largest absolute Gasteiger partial charge is 0.316 e. The second kappa shape index (κ2) is 5.33. The molecule has 0 aliphatic rings. The summed E-state index contributed by atoms with van der Waals surface area (Å²) in [6, 6.07) is 3.23. The Bertz CT molecular complexity index is 504. The van der Waals surface area contributed by atoms with E-state index in [0.717, 1.165) is 12.1 Å². The van der Waals surface area contributed by atoms with E-state index in [-0.39, 0.29) is 16.0 Å². The number of nitrogens with one attached hydrogen (secondary N) is 1. The Balaban J connectivity index is 3.17. The fourth-order valence-electron chi connectivity index (χ4n) is 1.37. The van der Waals surface area contributed by atoms with Gasteiger partial charge in [-0.05, 0) is 39.1 Å². The maximum atomic E-state index is 13.0. The monoisotopic (exact) mass is 279 g/mol. The third kappa shape index (κ3) is 2.97.